The van der Waals surface area contributed by atoms with E-state index in [1.165, 1.54) is 42.5 Å². The molecule has 1 heterocycles. The highest BCUT2D eigenvalue weighted by atomic mass is 35.5. The molecule has 0 atom stereocenters. The van der Waals surface area contributed by atoms with E-state index < -0.39 is 11.7 Å². The molecular weight excluding hydrogens is 401 g/mol. The summed E-state index contributed by atoms with van der Waals surface area (Å²) >= 11 is 7.20. The van der Waals surface area contributed by atoms with E-state index in [4.69, 9.17) is 11.6 Å². The Labute approximate surface area is 169 Å². The van der Waals surface area contributed by atoms with Crippen LogP contribution in [0.1, 0.15) is 12.5 Å². The fourth-order valence-electron chi connectivity index (χ4n) is 2.37. The van der Waals surface area contributed by atoms with E-state index >= 15 is 0 Å². The topological polar surface area (TPSA) is 71.1 Å². The van der Waals surface area contributed by atoms with Crippen molar-refractivity contribution in [3.8, 4) is 11.3 Å². The van der Waals surface area contributed by atoms with Crippen LogP contribution in [0, 0.1) is 5.82 Å². The minimum atomic E-state index is -0.504. The highest BCUT2D eigenvalue weighted by molar-refractivity contribution is 7.14. The van der Waals surface area contributed by atoms with Gasteiger partial charge in [0.05, 0.1) is 10.7 Å². The molecule has 0 unspecified atom stereocenters. The summed E-state index contributed by atoms with van der Waals surface area (Å²) in [6.45, 7) is 1.44. The summed E-state index contributed by atoms with van der Waals surface area (Å²) in [5.74, 6) is -1.09. The number of hydrogen-bond donors (Lipinski definition) is 2. The van der Waals surface area contributed by atoms with Gasteiger partial charge in [0, 0.05) is 35.2 Å². The molecule has 0 saturated carbocycles. The molecule has 5 nitrogen and oxygen atoms in total. The first-order chi connectivity index (χ1) is 13.4. The third-order valence-electron chi connectivity index (χ3n) is 3.64. The lowest BCUT2D eigenvalue weighted by molar-refractivity contribution is -0.114. The molecule has 0 aliphatic heterocycles. The van der Waals surface area contributed by atoms with Crippen LogP contribution in [0.4, 0.5) is 15.2 Å². The molecule has 28 heavy (non-hydrogen) atoms. The Balaban J connectivity index is 1.66. The van der Waals surface area contributed by atoms with Gasteiger partial charge in [-0.1, -0.05) is 29.8 Å². The van der Waals surface area contributed by atoms with Gasteiger partial charge >= 0.3 is 0 Å². The lowest BCUT2D eigenvalue weighted by Crippen LogP contribution is -2.07. The van der Waals surface area contributed by atoms with Crippen molar-refractivity contribution in [3.05, 3.63) is 70.3 Å². The van der Waals surface area contributed by atoms with Gasteiger partial charge in [0.1, 0.15) is 5.82 Å². The van der Waals surface area contributed by atoms with Crippen molar-refractivity contribution < 1.29 is 14.0 Å². The fourth-order valence-corrected chi connectivity index (χ4v) is 3.32. The van der Waals surface area contributed by atoms with E-state index in [2.05, 4.69) is 15.6 Å². The molecular formula is C20H15ClFN3O2S. The molecule has 3 aromatic rings. The van der Waals surface area contributed by atoms with Gasteiger partial charge in [-0.05, 0) is 30.3 Å². The molecule has 0 saturated heterocycles. The van der Waals surface area contributed by atoms with Gasteiger partial charge in [0.2, 0.25) is 11.8 Å². The second kappa shape index (κ2) is 8.77. The van der Waals surface area contributed by atoms with Crippen molar-refractivity contribution in [2.75, 3.05) is 10.6 Å². The Bertz CT molecular complexity index is 1030. The van der Waals surface area contributed by atoms with Crippen molar-refractivity contribution in [3.63, 3.8) is 0 Å². The molecule has 8 heteroatoms. The molecule has 0 aliphatic rings. The number of carbonyl (C=O) groups excluding carboxylic acids is 2. The zero-order valence-electron chi connectivity index (χ0n) is 14.7. The standard InChI is InChI=1S/C20H15ClFN3O2S/c1-12(26)23-14-7-5-13(6-8-14)18-11-28-20(24-18)25-19(27)10-9-15-16(21)3-2-4-17(15)22/h2-11H,1H3,(H,23,26)(H,24,25,27)/b10-9+. The Kier molecular flexibility index (Phi) is 6.18. The van der Waals surface area contributed by atoms with E-state index in [-0.39, 0.29) is 16.5 Å². The smallest absolute Gasteiger partial charge is 0.250 e. The third-order valence-corrected chi connectivity index (χ3v) is 4.72. The minimum absolute atomic E-state index is 0.142. The van der Waals surface area contributed by atoms with E-state index in [1.807, 2.05) is 12.1 Å². The van der Waals surface area contributed by atoms with Crippen molar-refractivity contribution in [2.24, 2.45) is 0 Å². The van der Waals surface area contributed by atoms with Crippen LogP contribution >= 0.6 is 22.9 Å². The number of nitrogens with one attached hydrogen (secondary N) is 2. The van der Waals surface area contributed by atoms with Crippen molar-refractivity contribution >= 4 is 51.6 Å². The number of carbonyl (C=O) groups is 2. The predicted molar refractivity (Wildman–Crippen MR) is 111 cm³/mol. The maximum absolute atomic E-state index is 13.7. The third kappa shape index (κ3) is 5.03. The summed E-state index contributed by atoms with van der Waals surface area (Å²) in [5.41, 5.74) is 2.38. The van der Waals surface area contributed by atoms with Crippen LogP contribution < -0.4 is 10.6 Å². The first-order valence-electron chi connectivity index (χ1n) is 8.19. The first kappa shape index (κ1) is 19.7. The second-order valence-electron chi connectivity index (χ2n) is 5.75. The molecule has 2 amide bonds. The number of benzene rings is 2. The van der Waals surface area contributed by atoms with Crippen LogP contribution in [0.3, 0.4) is 0 Å². The number of nitrogens with zero attached hydrogens (tertiary/aromatic N) is 1. The van der Waals surface area contributed by atoms with Crippen molar-refractivity contribution in [2.45, 2.75) is 6.92 Å². The second-order valence-corrected chi connectivity index (χ2v) is 7.02. The number of amides is 2. The Morgan fingerprint density at radius 3 is 2.57 bits per heavy atom. The Hall–Kier alpha value is -3.03. The van der Waals surface area contributed by atoms with Crippen LogP contribution in [-0.4, -0.2) is 16.8 Å². The molecule has 0 fully saturated rings. The molecule has 142 valence electrons. The van der Waals surface area contributed by atoms with Gasteiger partial charge in [0.25, 0.3) is 0 Å². The number of thiazole rings is 1. The SMILES string of the molecule is CC(=O)Nc1ccc(-c2csc(NC(=O)/C=C/c3c(F)cccc3Cl)n2)cc1. The summed E-state index contributed by atoms with van der Waals surface area (Å²) < 4.78 is 13.7. The molecule has 0 aliphatic carbocycles. The van der Waals surface area contributed by atoms with Gasteiger partial charge in [-0.2, -0.15) is 0 Å². The van der Waals surface area contributed by atoms with Gasteiger partial charge in [-0.3, -0.25) is 14.9 Å². The summed E-state index contributed by atoms with van der Waals surface area (Å²) in [5, 5.41) is 7.77. The monoisotopic (exact) mass is 415 g/mol. The van der Waals surface area contributed by atoms with Gasteiger partial charge < -0.3 is 5.32 Å². The number of anilines is 2. The predicted octanol–water partition coefficient (Wildman–Crippen LogP) is 5.21. The maximum atomic E-state index is 13.7. The Morgan fingerprint density at radius 2 is 1.89 bits per heavy atom. The van der Waals surface area contributed by atoms with Crippen LogP contribution in [0.25, 0.3) is 17.3 Å². The first-order valence-corrected chi connectivity index (χ1v) is 9.45. The lowest BCUT2D eigenvalue weighted by atomic mass is 10.1. The quantitative estimate of drug-likeness (QED) is 0.562. The molecule has 0 spiro atoms. The van der Waals surface area contributed by atoms with E-state index in [9.17, 15) is 14.0 Å². The van der Waals surface area contributed by atoms with Crippen molar-refractivity contribution in [1.82, 2.24) is 4.98 Å². The number of rotatable bonds is 5. The van der Waals surface area contributed by atoms with E-state index in [0.29, 0.717) is 16.5 Å². The molecule has 2 N–H and O–H groups in total. The van der Waals surface area contributed by atoms with Crippen molar-refractivity contribution in [1.29, 1.82) is 0 Å². The van der Waals surface area contributed by atoms with Crippen LogP contribution in [-0.2, 0) is 9.59 Å². The largest absolute Gasteiger partial charge is 0.326 e. The summed E-state index contributed by atoms with van der Waals surface area (Å²) in [4.78, 5) is 27.5. The molecule has 1 aromatic heterocycles. The fraction of sp³-hybridized carbons (Fsp3) is 0.0500. The average molecular weight is 416 g/mol. The van der Waals surface area contributed by atoms with E-state index in [0.717, 1.165) is 5.56 Å². The summed E-state index contributed by atoms with van der Waals surface area (Å²) in [6.07, 6.45) is 2.52. The molecule has 0 radical (unpaired) electrons. The molecule has 2 aromatic carbocycles. The van der Waals surface area contributed by atoms with Gasteiger partial charge in [0.15, 0.2) is 5.13 Å². The van der Waals surface area contributed by atoms with Crippen LogP contribution in [0.2, 0.25) is 5.02 Å². The number of halogens is 2. The maximum Gasteiger partial charge on any atom is 0.250 e. The highest BCUT2D eigenvalue weighted by Crippen LogP contribution is 2.26. The summed E-state index contributed by atoms with van der Waals surface area (Å²) in [6, 6.07) is 11.5. The van der Waals surface area contributed by atoms with Gasteiger partial charge in [-0.15, -0.1) is 11.3 Å². The zero-order chi connectivity index (χ0) is 20.1. The average Bonchev–Trinajstić information content (AvgIpc) is 3.10. The summed E-state index contributed by atoms with van der Waals surface area (Å²) in [7, 11) is 0. The molecule has 3 rings (SSSR count). The lowest BCUT2D eigenvalue weighted by Gasteiger charge is -2.02. The van der Waals surface area contributed by atoms with E-state index in [1.54, 1.807) is 23.6 Å². The number of hydrogen-bond acceptors (Lipinski definition) is 4. The normalized spacial score (nSPS) is 10.8. The van der Waals surface area contributed by atoms with Gasteiger partial charge in [-0.25, -0.2) is 9.37 Å². The van der Waals surface area contributed by atoms with Crippen LogP contribution in [0.5, 0.6) is 0 Å². The highest BCUT2D eigenvalue weighted by Gasteiger charge is 2.08. The number of aromatic nitrogens is 1. The Morgan fingerprint density at radius 1 is 1.14 bits per heavy atom. The minimum Gasteiger partial charge on any atom is -0.326 e. The van der Waals surface area contributed by atoms with Crippen LogP contribution in [0.15, 0.2) is 53.9 Å². The zero-order valence-corrected chi connectivity index (χ0v) is 16.3. The molecule has 0 bridgehead atoms.